The van der Waals surface area contributed by atoms with Gasteiger partial charge in [-0.2, -0.15) is 0 Å². The van der Waals surface area contributed by atoms with Crippen LogP contribution in [-0.2, 0) is 11.3 Å². The summed E-state index contributed by atoms with van der Waals surface area (Å²) in [6.07, 6.45) is 5.53. The second kappa shape index (κ2) is 9.11. The molecule has 1 aromatic carbocycles. The molecular weight excluding hydrogens is 352 g/mol. The minimum Gasteiger partial charge on any atom is -0.383 e. The van der Waals surface area contributed by atoms with Crippen LogP contribution in [-0.4, -0.2) is 75.9 Å². The van der Waals surface area contributed by atoms with Crippen LogP contribution in [0, 0.1) is 6.92 Å². The van der Waals surface area contributed by atoms with Gasteiger partial charge in [0.05, 0.1) is 19.2 Å². The predicted molar refractivity (Wildman–Crippen MR) is 108 cm³/mol. The van der Waals surface area contributed by atoms with E-state index in [2.05, 4.69) is 56.5 Å². The number of methoxy groups -OCH3 is 1. The van der Waals surface area contributed by atoms with E-state index in [1.165, 1.54) is 36.8 Å². The van der Waals surface area contributed by atoms with Crippen molar-refractivity contribution in [3.63, 3.8) is 0 Å². The quantitative estimate of drug-likeness (QED) is 0.730. The molecule has 2 fully saturated rings. The van der Waals surface area contributed by atoms with E-state index in [4.69, 9.17) is 4.74 Å². The number of hydrogen-bond donors (Lipinski definition) is 0. The Morgan fingerprint density at radius 2 is 1.79 bits per heavy atom. The standard InChI is InChI=1S/C21H32N6O/c1-17-7-9-18(10-8-17)20(21-22-23-24-27(21)15-16-28-2)26-13-11-25(12-14-26)19-5-3-4-6-19/h7-10,19-20H,3-6,11-16H2,1-2H3. The number of nitrogens with zero attached hydrogens (tertiary/aromatic N) is 6. The minimum atomic E-state index is 0.0817. The molecule has 152 valence electrons. The van der Waals surface area contributed by atoms with Crippen LogP contribution in [0.4, 0.5) is 0 Å². The van der Waals surface area contributed by atoms with Gasteiger partial charge in [-0.15, -0.1) is 5.10 Å². The summed E-state index contributed by atoms with van der Waals surface area (Å²) < 4.78 is 7.15. The molecule has 1 aromatic heterocycles. The van der Waals surface area contributed by atoms with Crippen LogP contribution >= 0.6 is 0 Å². The topological polar surface area (TPSA) is 59.3 Å². The SMILES string of the molecule is COCCn1nnnc1C(c1ccc(C)cc1)N1CCN(C2CCCC2)CC1. The third-order valence-electron chi connectivity index (χ3n) is 6.26. The molecular formula is C21H32N6O. The fraction of sp³-hybridized carbons (Fsp3) is 0.667. The van der Waals surface area contributed by atoms with Gasteiger partial charge in [-0.3, -0.25) is 9.80 Å². The molecule has 0 spiro atoms. The summed E-state index contributed by atoms with van der Waals surface area (Å²) in [5.41, 5.74) is 2.53. The van der Waals surface area contributed by atoms with E-state index in [0.717, 1.165) is 38.0 Å². The molecule has 1 saturated carbocycles. The Hall–Kier alpha value is -1.83. The van der Waals surface area contributed by atoms with Crippen LogP contribution in [0.15, 0.2) is 24.3 Å². The van der Waals surface area contributed by atoms with Crippen LogP contribution in [0.2, 0.25) is 0 Å². The van der Waals surface area contributed by atoms with Crippen LogP contribution in [0.1, 0.15) is 48.7 Å². The highest BCUT2D eigenvalue weighted by Gasteiger charge is 2.32. The summed E-state index contributed by atoms with van der Waals surface area (Å²) in [7, 11) is 1.71. The first-order chi connectivity index (χ1) is 13.8. The monoisotopic (exact) mass is 384 g/mol. The highest BCUT2D eigenvalue weighted by atomic mass is 16.5. The van der Waals surface area contributed by atoms with Gasteiger partial charge in [0.2, 0.25) is 0 Å². The van der Waals surface area contributed by atoms with E-state index in [9.17, 15) is 0 Å². The summed E-state index contributed by atoms with van der Waals surface area (Å²) in [6.45, 7) is 7.76. The normalized spacial score (nSPS) is 20.6. The zero-order valence-corrected chi connectivity index (χ0v) is 17.1. The Bertz CT molecular complexity index is 732. The molecule has 7 heteroatoms. The average Bonchev–Trinajstić information content (AvgIpc) is 3.41. The molecule has 28 heavy (non-hydrogen) atoms. The first-order valence-corrected chi connectivity index (χ1v) is 10.6. The van der Waals surface area contributed by atoms with Gasteiger partial charge in [-0.25, -0.2) is 4.68 Å². The molecule has 7 nitrogen and oxygen atoms in total. The van der Waals surface area contributed by atoms with Crippen molar-refractivity contribution in [1.82, 2.24) is 30.0 Å². The van der Waals surface area contributed by atoms with Crippen molar-refractivity contribution >= 4 is 0 Å². The molecule has 1 atom stereocenters. The Balaban J connectivity index is 1.55. The van der Waals surface area contributed by atoms with Gasteiger partial charge in [0.25, 0.3) is 0 Å². The van der Waals surface area contributed by atoms with Crippen LogP contribution < -0.4 is 0 Å². The second-order valence-electron chi connectivity index (χ2n) is 8.08. The van der Waals surface area contributed by atoms with Gasteiger partial charge < -0.3 is 4.74 Å². The number of hydrogen-bond acceptors (Lipinski definition) is 6. The summed E-state index contributed by atoms with van der Waals surface area (Å²) in [4.78, 5) is 5.24. The van der Waals surface area contributed by atoms with Gasteiger partial charge in [0.15, 0.2) is 5.82 Å². The molecule has 0 N–H and O–H groups in total. The lowest BCUT2D eigenvalue weighted by molar-refractivity contribution is 0.0763. The number of piperazine rings is 1. The van der Waals surface area contributed by atoms with E-state index in [1.807, 2.05) is 4.68 Å². The number of ether oxygens (including phenoxy) is 1. The van der Waals surface area contributed by atoms with E-state index >= 15 is 0 Å². The molecule has 1 aliphatic heterocycles. The molecule has 2 aromatic rings. The summed E-state index contributed by atoms with van der Waals surface area (Å²) >= 11 is 0. The Morgan fingerprint density at radius 3 is 2.46 bits per heavy atom. The Labute approximate surface area is 167 Å². The van der Waals surface area contributed by atoms with Crippen molar-refractivity contribution in [1.29, 1.82) is 0 Å². The zero-order valence-electron chi connectivity index (χ0n) is 17.1. The van der Waals surface area contributed by atoms with Crippen molar-refractivity contribution in [2.75, 3.05) is 39.9 Å². The van der Waals surface area contributed by atoms with Gasteiger partial charge >= 0.3 is 0 Å². The number of tetrazole rings is 1. The largest absolute Gasteiger partial charge is 0.383 e. The van der Waals surface area contributed by atoms with Gasteiger partial charge in [0, 0.05) is 39.3 Å². The van der Waals surface area contributed by atoms with Crippen LogP contribution in [0.25, 0.3) is 0 Å². The van der Waals surface area contributed by atoms with Crippen molar-refractivity contribution in [3.8, 4) is 0 Å². The van der Waals surface area contributed by atoms with E-state index < -0.39 is 0 Å². The smallest absolute Gasteiger partial charge is 0.173 e. The van der Waals surface area contributed by atoms with Crippen molar-refractivity contribution < 1.29 is 4.74 Å². The van der Waals surface area contributed by atoms with Gasteiger partial charge in [-0.05, 0) is 35.8 Å². The van der Waals surface area contributed by atoms with Crippen molar-refractivity contribution in [3.05, 3.63) is 41.2 Å². The van der Waals surface area contributed by atoms with Crippen molar-refractivity contribution in [2.45, 2.75) is 51.2 Å². The first-order valence-electron chi connectivity index (χ1n) is 10.6. The summed E-state index contributed by atoms with van der Waals surface area (Å²) in [5, 5.41) is 12.6. The highest BCUT2D eigenvalue weighted by Crippen LogP contribution is 2.30. The molecule has 4 rings (SSSR count). The van der Waals surface area contributed by atoms with Crippen molar-refractivity contribution in [2.24, 2.45) is 0 Å². The molecule has 0 bridgehead atoms. The van der Waals surface area contributed by atoms with Gasteiger partial charge in [-0.1, -0.05) is 42.7 Å². The van der Waals surface area contributed by atoms with E-state index in [-0.39, 0.29) is 6.04 Å². The fourth-order valence-corrected chi connectivity index (χ4v) is 4.65. The molecule has 1 aliphatic carbocycles. The molecule has 0 radical (unpaired) electrons. The Kier molecular flexibility index (Phi) is 6.34. The second-order valence-corrected chi connectivity index (χ2v) is 8.08. The molecule has 1 saturated heterocycles. The zero-order chi connectivity index (χ0) is 19.3. The lowest BCUT2D eigenvalue weighted by Gasteiger charge is -2.41. The Morgan fingerprint density at radius 1 is 1.07 bits per heavy atom. The molecule has 2 heterocycles. The molecule has 0 amide bonds. The van der Waals surface area contributed by atoms with Gasteiger partial charge in [0.1, 0.15) is 0 Å². The highest BCUT2D eigenvalue weighted by molar-refractivity contribution is 5.28. The third kappa shape index (κ3) is 4.26. The lowest BCUT2D eigenvalue weighted by Crippen LogP contribution is -2.51. The number of benzene rings is 1. The van der Waals surface area contributed by atoms with Crippen LogP contribution in [0.3, 0.4) is 0 Å². The lowest BCUT2D eigenvalue weighted by atomic mass is 10.0. The fourth-order valence-electron chi connectivity index (χ4n) is 4.65. The maximum atomic E-state index is 5.25. The summed E-state index contributed by atoms with van der Waals surface area (Å²) in [5.74, 6) is 0.912. The molecule has 1 unspecified atom stereocenters. The maximum Gasteiger partial charge on any atom is 0.173 e. The average molecular weight is 385 g/mol. The number of aromatic nitrogens is 4. The summed E-state index contributed by atoms with van der Waals surface area (Å²) in [6, 6.07) is 9.68. The van der Waals surface area contributed by atoms with E-state index in [0.29, 0.717) is 13.2 Å². The maximum absolute atomic E-state index is 5.25. The number of rotatable bonds is 7. The predicted octanol–water partition coefficient (Wildman–Crippen LogP) is 2.28. The third-order valence-corrected chi connectivity index (χ3v) is 6.26. The molecule has 2 aliphatic rings. The number of aryl methyl sites for hydroxylation is 1. The first kappa shape index (κ1) is 19.5. The minimum absolute atomic E-state index is 0.0817. The van der Waals surface area contributed by atoms with Crippen LogP contribution in [0.5, 0.6) is 0 Å². The van der Waals surface area contributed by atoms with E-state index in [1.54, 1.807) is 7.11 Å².